The van der Waals surface area contributed by atoms with E-state index in [1.54, 1.807) is 6.08 Å². The van der Waals surface area contributed by atoms with Gasteiger partial charge in [0.25, 0.3) is 0 Å². The molecule has 2 saturated heterocycles. The maximum atomic E-state index is 5.49. The molecule has 0 saturated carbocycles. The summed E-state index contributed by atoms with van der Waals surface area (Å²) in [4.78, 5) is 41.8. The molecule has 6 aliphatic rings. The maximum Gasteiger partial charge on any atom is 0.196 e. The molecular formula is C60H63CoN10-3. The van der Waals surface area contributed by atoms with Gasteiger partial charge in [0.2, 0.25) is 0 Å². The normalized spacial score (nSPS) is 15.8. The van der Waals surface area contributed by atoms with E-state index in [-0.39, 0.29) is 24.2 Å². The first kappa shape index (κ1) is 48.0. The fraction of sp³-hybridized carbons (Fsp3) is 0.317. The van der Waals surface area contributed by atoms with Crippen molar-refractivity contribution in [1.29, 1.82) is 0 Å². The predicted octanol–water partition coefficient (Wildman–Crippen LogP) is 11.6. The monoisotopic (exact) mass is 982 g/mol. The molecule has 0 aliphatic carbocycles. The summed E-state index contributed by atoms with van der Waals surface area (Å²) in [5.74, 6) is 2.42. The number of nitrogens with zero attached hydrogens (tertiary/aromatic N) is 10. The molecule has 0 amide bonds. The number of benzene rings is 4. The number of allylic oxidation sites excluding steroid dienone is 1. The summed E-state index contributed by atoms with van der Waals surface area (Å²) < 4.78 is 0. The Balaban J connectivity index is 0.00000114. The summed E-state index contributed by atoms with van der Waals surface area (Å²) >= 11 is 0. The van der Waals surface area contributed by atoms with E-state index >= 15 is 0 Å². The SMILES string of the molecule is C=CC.[CH3-].[Co].c1ccc2c(c1)-c1cc3[n-]c(cc4nc(cc5[n-]c(cc-2n1)c1c(CCCN2CCCN6CCCN=C62)cccc51)-c1ccccc1-4)c1c(CCCN2CCCN4CCCN=C42)cccc31. The summed E-state index contributed by atoms with van der Waals surface area (Å²) in [5, 5.41) is 4.70. The molecule has 7 aromatic rings. The summed E-state index contributed by atoms with van der Waals surface area (Å²) in [6.07, 6.45) is 10.4. The molecule has 13 rings (SSSR count). The van der Waals surface area contributed by atoms with Gasteiger partial charge in [0.15, 0.2) is 11.9 Å². The summed E-state index contributed by atoms with van der Waals surface area (Å²) in [6, 6.07) is 39.6. The first-order valence-corrected chi connectivity index (χ1v) is 25.4. The zero-order valence-electron chi connectivity index (χ0n) is 41.2. The first-order chi connectivity index (χ1) is 34.1. The van der Waals surface area contributed by atoms with Crippen LogP contribution < -0.4 is 9.97 Å². The van der Waals surface area contributed by atoms with Crippen molar-refractivity contribution in [2.75, 3.05) is 65.4 Å². The van der Waals surface area contributed by atoms with Crippen LogP contribution in [0.5, 0.6) is 0 Å². The molecule has 8 bridgehead atoms. The van der Waals surface area contributed by atoms with Gasteiger partial charge >= 0.3 is 0 Å². The van der Waals surface area contributed by atoms with Crippen molar-refractivity contribution in [2.45, 2.75) is 58.3 Å². The molecule has 365 valence electrons. The zero-order valence-corrected chi connectivity index (χ0v) is 42.3. The number of aromatic nitrogens is 4. The van der Waals surface area contributed by atoms with Crippen LogP contribution in [0.3, 0.4) is 0 Å². The molecule has 0 spiro atoms. The predicted molar refractivity (Wildman–Crippen MR) is 291 cm³/mol. The second-order valence-corrected chi connectivity index (χ2v) is 19.2. The third kappa shape index (κ3) is 9.14. The molecule has 3 aromatic heterocycles. The van der Waals surface area contributed by atoms with E-state index < -0.39 is 0 Å². The first-order valence-electron chi connectivity index (χ1n) is 25.4. The number of aryl methyl sites for hydroxylation is 2. The number of hydrogen-bond acceptors (Lipinski definition) is 8. The Morgan fingerprint density at radius 2 is 0.887 bits per heavy atom. The molecule has 4 aromatic carbocycles. The van der Waals surface area contributed by atoms with Gasteiger partial charge < -0.3 is 37.0 Å². The van der Waals surface area contributed by atoms with Crippen molar-refractivity contribution in [3.8, 4) is 45.0 Å². The standard InChI is InChI=1S/C56H54N10.C3H6.CH3.Co/c1-3-19-41-39(17-1)45-33-49-43-21-5-13-37(15-7-25-63-29-11-31-65-27-9-23-57-55(63)65)53(43)52(61-49)36-48-42-20-4-2-18-40(42)46(60-48)34-50-44-22-6-14-38(54(44)51(62-50)35-47(41)59-45)16-8-26-64-30-12-32-66-28-10-24-58-56(64)66;1-3-2;;/h1-6,13-14,17-22,33-36H,7-12,15-16,23-32H2;3H,1H2,2H3;1H3;/q-2;;-1;. The van der Waals surface area contributed by atoms with Crippen LogP contribution in [0, 0.1) is 7.43 Å². The Labute approximate surface area is 428 Å². The van der Waals surface area contributed by atoms with Crippen LogP contribution in [-0.2, 0) is 29.6 Å². The van der Waals surface area contributed by atoms with Crippen LogP contribution in [0.15, 0.2) is 132 Å². The zero-order chi connectivity index (χ0) is 46.3. The van der Waals surface area contributed by atoms with Crippen LogP contribution in [0.4, 0.5) is 0 Å². The van der Waals surface area contributed by atoms with Gasteiger partial charge in [-0.15, -0.1) is 28.6 Å². The topological polar surface area (TPSA) is 91.7 Å². The molecule has 10 nitrogen and oxygen atoms in total. The molecule has 9 heterocycles. The number of guanidine groups is 2. The number of hydrogen-bond donors (Lipinski definition) is 0. The molecule has 0 atom stereocenters. The van der Waals surface area contributed by atoms with Crippen molar-refractivity contribution in [1.82, 2.24) is 39.5 Å². The van der Waals surface area contributed by atoms with E-state index in [1.165, 1.54) is 46.7 Å². The van der Waals surface area contributed by atoms with E-state index in [4.69, 9.17) is 29.9 Å². The van der Waals surface area contributed by atoms with Gasteiger partial charge in [-0.3, -0.25) is 9.98 Å². The van der Waals surface area contributed by atoms with E-state index in [0.29, 0.717) is 0 Å². The third-order valence-corrected chi connectivity index (χ3v) is 14.7. The second kappa shape index (κ2) is 21.0. The van der Waals surface area contributed by atoms with E-state index in [1.807, 2.05) is 6.92 Å². The van der Waals surface area contributed by atoms with Crippen LogP contribution in [0.2, 0.25) is 0 Å². The maximum absolute atomic E-state index is 5.49. The van der Waals surface area contributed by atoms with E-state index in [0.717, 1.165) is 182 Å². The molecular weight excluding hydrogens is 920 g/mol. The average Bonchev–Trinajstić information content (AvgIpc) is 4.13. The molecule has 0 N–H and O–H groups in total. The van der Waals surface area contributed by atoms with Gasteiger partial charge in [0.1, 0.15) is 0 Å². The number of fused-ring (bicyclic) bond motifs is 22. The second-order valence-electron chi connectivity index (χ2n) is 19.2. The summed E-state index contributed by atoms with van der Waals surface area (Å²) in [6.45, 7) is 15.8. The van der Waals surface area contributed by atoms with Gasteiger partial charge in [-0.05, 0) is 115 Å². The molecule has 0 unspecified atom stereocenters. The Kier molecular flexibility index (Phi) is 14.2. The molecule has 11 heteroatoms. The number of rotatable bonds is 8. The van der Waals surface area contributed by atoms with Crippen molar-refractivity contribution in [3.63, 3.8) is 0 Å². The Bertz CT molecular complexity index is 3130. The largest absolute Gasteiger partial charge is 0.657 e. The third-order valence-electron chi connectivity index (χ3n) is 14.7. The van der Waals surface area contributed by atoms with Crippen molar-refractivity contribution in [2.24, 2.45) is 9.98 Å². The molecule has 6 aliphatic heterocycles. The summed E-state index contributed by atoms with van der Waals surface area (Å²) in [5.41, 5.74) is 14.6. The van der Waals surface area contributed by atoms with Crippen LogP contribution in [-0.4, -0.2) is 107 Å². The minimum absolute atomic E-state index is 0. The summed E-state index contributed by atoms with van der Waals surface area (Å²) in [7, 11) is 0. The number of aliphatic imine (C=N–C) groups is 2. The van der Waals surface area contributed by atoms with Crippen molar-refractivity contribution in [3.05, 3.63) is 140 Å². The van der Waals surface area contributed by atoms with Gasteiger partial charge in [-0.25, -0.2) is 9.97 Å². The van der Waals surface area contributed by atoms with E-state index in [9.17, 15) is 0 Å². The van der Waals surface area contributed by atoms with Crippen molar-refractivity contribution >= 4 is 55.5 Å². The fourth-order valence-electron chi connectivity index (χ4n) is 11.6. The molecule has 1 radical (unpaired) electrons. The van der Waals surface area contributed by atoms with Crippen LogP contribution in [0.1, 0.15) is 56.6 Å². The van der Waals surface area contributed by atoms with Gasteiger partial charge in [-0.2, -0.15) is 0 Å². The molecule has 2 fully saturated rings. The fourth-order valence-corrected chi connectivity index (χ4v) is 11.6. The average molecular weight is 983 g/mol. The van der Waals surface area contributed by atoms with E-state index in [2.05, 4.69) is 135 Å². The Morgan fingerprint density at radius 3 is 1.30 bits per heavy atom. The van der Waals surface area contributed by atoms with Crippen molar-refractivity contribution < 1.29 is 16.8 Å². The van der Waals surface area contributed by atoms with Crippen LogP contribution >= 0.6 is 0 Å². The Hall–Kier alpha value is -6.69. The Morgan fingerprint density at radius 1 is 0.507 bits per heavy atom. The minimum atomic E-state index is 0. The molecule has 71 heavy (non-hydrogen) atoms. The van der Waals surface area contributed by atoms with Gasteiger partial charge in [0, 0.05) is 104 Å². The smallest absolute Gasteiger partial charge is 0.196 e. The quantitative estimate of drug-likeness (QED) is 0.110. The van der Waals surface area contributed by atoms with Gasteiger partial charge in [-0.1, -0.05) is 91.0 Å². The van der Waals surface area contributed by atoms with Gasteiger partial charge in [0.05, 0.1) is 22.8 Å². The van der Waals surface area contributed by atoms with Crippen LogP contribution in [0.25, 0.3) is 88.6 Å². The minimum Gasteiger partial charge on any atom is -0.657 e.